The Kier molecular flexibility index (Phi) is 8.18. The average Bonchev–Trinajstić information content (AvgIpc) is 2.65. The van der Waals surface area contributed by atoms with Crippen molar-refractivity contribution in [2.45, 2.75) is 52.4 Å². The van der Waals surface area contributed by atoms with Crippen LogP contribution in [0.4, 0.5) is 0 Å². The van der Waals surface area contributed by atoms with E-state index in [9.17, 15) is 4.79 Å². The van der Waals surface area contributed by atoms with Gasteiger partial charge in [-0.3, -0.25) is 4.79 Å². The van der Waals surface area contributed by atoms with Crippen molar-refractivity contribution >= 4 is 11.9 Å². The zero-order valence-corrected chi connectivity index (χ0v) is 15.6. The first kappa shape index (κ1) is 19.2. The third-order valence-electron chi connectivity index (χ3n) is 4.77. The van der Waals surface area contributed by atoms with Gasteiger partial charge >= 0.3 is 0 Å². The third-order valence-corrected chi connectivity index (χ3v) is 4.77. The number of hydrogen-bond acceptors (Lipinski definition) is 1. The molecule has 0 aliphatic carbocycles. The lowest BCUT2D eigenvalue weighted by molar-refractivity contribution is 0.0965. The Morgan fingerprint density at radius 3 is 2.20 bits per heavy atom. The Morgan fingerprint density at radius 1 is 0.920 bits per heavy atom. The SMILES string of the molecule is CCCCCCC(CC(=O)c1ccccc1)/C(C)=C/c1ccccc1. The molecule has 0 spiro atoms. The second kappa shape index (κ2) is 10.7. The average molecular weight is 335 g/mol. The molecule has 0 saturated heterocycles. The van der Waals surface area contributed by atoms with E-state index < -0.39 is 0 Å². The molecule has 0 amide bonds. The lowest BCUT2D eigenvalue weighted by Gasteiger charge is -2.18. The van der Waals surface area contributed by atoms with Crippen LogP contribution in [0.5, 0.6) is 0 Å². The number of ketones is 1. The molecule has 0 aliphatic heterocycles. The molecular weight excluding hydrogens is 304 g/mol. The maximum Gasteiger partial charge on any atom is 0.163 e. The highest BCUT2D eigenvalue weighted by molar-refractivity contribution is 5.96. The van der Waals surface area contributed by atoms with Gasteiger partial charge in [0.05, 0.1) is 0 Å². The number of Topliss-reactive ketones (excluding diaryl/α,β-unsaturated/α-hetero) is 1. The van der Waals surface area contributed by atoms with Gasteiger partial charge in [0.25, 0.3) is 0 Å². The summed E-state index contributed by atoms with van der Waals surface area (Å²) in [6, 6.07) is 20.1. The lowest BCUT2D eigenvalue weighted by atomic mass is 9.86. The molecule has 2 rings (SSSR count). The van der Waals surface area contributed by atoms with Crippen LogP contribution >= 0.6 is 0 Å². The highest BCUT2D eigenvalue weighted by Gasteiger charge is 2.16. The van der Waals surface area contributed by atoms with Crippen LogP contribution in [0, 0.1) is 5.92 Å². The van der Waals surface area contributed by atoms with E-state index in [-0.39, 0.29) is 5.78 Å². The Labute approximate surface area is 152 Å². The Bertz CT molecular complexity index is 655. The molecule has 2 aromatic carbocycles. The van der Waals surface area contributed by atoms with Gasteiger partial charge in [0, 0.05) is 12.0 Å². The molecule has 0 saturated carbocycles. The van der Waals surface area contributed by atoms with E-state index in [1.807, 2.05) is 36.4 Å². The number of unbranched alkanes of at least 4 members (excludes halogenated alkanes) is 3. The van der Waals surface area contributed by atoms with Crippen molar-refractivity contribution in [3.8, 4) is 0 Å². The summed E-state index contributed by atoms with van der Waals surface area (Å²) in [5, 5.41) is 0. The van der Waals surface area contributed by atoms with Crippen molar-refractivity contribution in [2.24, 2.45) is 5.92 Å². The fourth-order valence-corrected chi connectivity index (χ4v) is 3.20. The minimum absolute atomic E-state index is 0.252. The number of hydrogen-bond donors (Lipinski definition) is 0. The van der Waals surface area contributed by atoms with Crippen molar-refractivity contribution in [1.82, 2.24) is 0 Å². The van der Waals surface area contributed by atoms with E-state index in [0.717, 1.165) is 12.0 Å². The van der Waals surface area contributed by atoms with Crippen LogP contribution < -0.4 is 0 Å². The summed E-state index contributed by atoms with van der Waals surface area (Å²) in [5.74, 6) is 0.576. The van der Waals surface area contributed by atoms with Crippen LogP contribution in [0.15, 0.2) is 66.2 Å². The van der Waals surface area contributed by atoms with E-state index in [4.69, 9.17) is 0 Å². The smallest absolute Gasteiger partial charge is 0.163 e. The quantitative estimate of drug-likeness (QED) is 0.339. The summed E-state index contributed by atoms with van der Waals surface area (Å²) in [5.41, 5.74) is 3.35. The van der Waals surface area contributed by atoms with Crippen molar-refractivity contribution in [2.75, 3.05) is 0 Å². The third kappa shape index (κ3) is 6.70. The molecule has 132 valence electrons. The topological polar surface area (TPSA) is 17.1 Å². The predicted octanol–water partition coefficient (Wildman–Crippen LogP) is 6.95. The van der Waals surface area contributed by atoms with Crippen LogP contribution in [0.2, 0.25) is 0 Å². The largest absolute Gasteiger partial charge is 0.294 e. The van der Waals surface area contributed by atoms with Gasteiger partial charge in [0.2, 0.25) is 0 Å². The van der Waals surface area contributed by atoms with Crippen LogP contribution in [-0.4, -0.2) is 5.78 Å². The molecule has 0 fully saturated rings. The number of carbonyl (C=O) groups is 1. The summed E-state index contributed by atoms with van der Waals surface area (Å²) in [6.45, 7) is 4.41. The first-order valence-electron chi connectivity index (χ1n) is 9.52. The van der Waals surface area contributed by atoms with Crippen LogP contribution in [0.3, 0.4) is 0 Å². The Balaban J connectivity index is 2.09. The van der Waals surface area contributed by atoms with Gasteiger partial charge in [-0.25, -0.2) is 0 Å². The van der Waals surface area contributed by atoms with Crippen molar-refractivity contribution in [1.29, 1.82) is 0 Å². The monoisotopic (exact) mass is 334 g/mol. The zero-order valence-electron chi connectivity index (χ0n) is 15.6. The van der Waals surface area contributed by atoms with Crippen molar-refractivity contribution < 1.29 is 4.79 Å². The van der Waals surface area contributed by atoms with Gasteiger partial charge in [0.15, 0.2) is 5.78 Å². The molecule has 0 bridgehead atoms. The zero-order chi connectivity index (χ0) is 17.9. The van der Waals surface area contributed by atoms with Gasteiger partial charge < -0.3 is 0 Å². The predicted molar refractivity (Wildman–Crippen MR) is 108 cm³/mol. The number of rotatable bonds is 10. The molecule has 1 unspecified atom stereocenters. The first-order valence-corrected chi connectivity index (χ1v) is 9.52. The van der Waals surface area contributed by atoms with E-state index in [1.165, 1.54) is 36.8 Å². The fraction of sp³-hybridized carbons (Fsp3) is 0.375. The second-order valence-corrected chi connectivity index (χ2v) is 6.84. The molecule has 0 aliphatic rings. The lowest BCUT2D eigenvalue weighted by Crippen LogP contribution is -2.10. The normalized spacial score (nSPS) is 12.8. The number of benzene rings is 2. The van der Waals surface area contributed by atoms with Gasteiger partial charge in [-0.2, -0.15) is 0 Å². The van der Waals surface area contributed by atoms with E-state index >= 15 is 0 Å². The summed E-state index contributed by atoms with van der Waals surface area (Å²) >= 11 is 0. The molecule has 0 N–H and O–H groups in total. The molecule has 1 nitrogen and oxygen atoms in total. The standard InChI is InChI=1S/C24H30O/c1-3-4-5-10-17-23(19-24(25)22-15-11-7-12-16-22)20(2)18-21-13-8-6-9-14-21/h6-9,11-16,18,23H,3-5,10,17,19H2,1-2H3/b20-18+. The first-order chi connectivity index (χ1) is 12.2. The van der Waals surface area contributed by atoms with Crippen molar-refractivity contribution in [3.63, 3.8) is 0 Å². The Hall–Kier alpha value is -2.15. The Morgan fingerprint density at radius 2 is 1.56 bits per heavy atom. The second-order valence-electron chi connectivity index (χ2n) is 6.84. The summed E-state index contributed by atoms with van der Waals surface area (Å²) in [7, 11) is 0. The molecular formula is C24H30O. The van der Waals surface area contributed by atoms with Crippen molar-refractivity contribution in [3.05, 3.63) is 77.4 Å². The molecule has 1 heteroatoms. The molecule has 25 heavy (non-hydrogen) atoms. The van der Waals surface area contributed by atoms with E-state index in [2.05, 4.69) is 44.2 Å². The highest BCUT2D eigenvalue weighted by atomic mass is 16.1. The van der Waals surface area contributed by atoms with Crippen LogP contribution in [0.1, 0.15) is 68.3 Å². The molecule has 0 aromatic heterocycles. The van der Waals surface area contributed by atoms with Gasteiger partial charge in [-0.15, -0.1) is 0 Å². The maximum atomic E-state index is 12.7. The highest BCUT2D eigenvalue weighted by Crippen LogP contribution is 2.26. The fourth-order valence-electron chi connectivity index (χ4n) is 3.20. The van der Waals surface area contributed by atoms with Gasteiger partial charge in [0.1, 0.15) is 0 Å². The minimum atomic E-state index is 0.252. The molecule has 1 atom stereocenters. The minimum Gasteiger partial charge on any atom is -0.294 e. The van der Waals surface area contributed by atoms with Gasteiger partial charge in [-0.05, 0) is 24.8 Å². The summed E-state index contributed by atoms with van der Waals surface area (Å²) in [4.78, 5) is 12.7. The molecule has 0 radical (unpaired) electrons. The summed E-state index contributed by atoms with van der Waals surface area (Å²) < 4.78 is 0. The van der Waals surface area contributed by atoms with E-state index in [0.29, 0.717) is 12.3 Å². The van der Waals surface area contributed by atoms with Crippen LogP contribution in [0.25, 0.3) is 6.08 Å². The number of carbonyl (C=O) groups excluding carboxylic acids is 1. The molecule has 0 heterocycles. The molecule has 2 aromatic rings. The van der Waals surface area contributed by atoms with Gasteiger partial charge in [-0.1, -0.05) is 105 Å². The van der Waals surface area contributed by atoms with Crippen LogP contribution in [-0.2, 0) is 0 Å². The summed E-state index contributed by atoms with van der Waals surface area (Å²) in [6.07, 6.45) is 8.90. The van der Waals surface area contributed by atoms with E-state index in [1.54, 1.807) is 0 Å². The number of allylic oxidation sites excluding steroid dienone is 1. The maximum absolute atomic E-state index is 12.7.